The number of aliphatic hydroxyl groups is 1. The predicted octanol–water partition coefficient (Wildman–Crippen LogP) is 18.4. The number of nitrogens with zero attached hydrogens (tertiary/aromatic N) is 1. The highest BCUT2D eigenvalue weighted by Crippen LogP contribution is 2.38. The lowest BCUT2D eigenvalue weighted by molar-refractivity contribution is -0.870. The van der Waals surface area contributed by atoms with E-state index in [2.05, 4.69) is 31.3 Å². The number of aliphatic hydroxyl groups excluding tert-OH is 1. The first kappa shape index (κ1) is 69.2. The molecule has 0 radical (unpaired) electrons. The third-order valence-electron chi connectivity index (χ3n) is 14.5. The van der Waals surface area contributed by atoms with E-state index in [0.717, 1.165) is 38.5 Å². The number of nitrogens with one attached hydrogen (secondary N) is 1. The van der Waals surface area contributed by atoms with Crippen LogP contribution in [0.25, 0.3) is 0 Å². The lowest BCUT2D eigenvalue weighted by Gasteiger charge is -2.30. The minimum atomic E-state index is -4.57. The van der Waals surface area contributed by atoms with Crippen LogP contribution in [0.4, 0.5) is 0 Å². The van der Waals surface area contributed by atoms with E-state index in [-0.39, 0.29) is 19.1 Å². The summed E-state index contributed by atoms with van der Waals surface area (Å²) in [5.74, 6) is -0.161. The third kappa shape index (κ3) is 55.0. The lowest BCUT2D eigenvalue weighted by Crippen LogP contribution is -2.46. The minimum Gasteiger partial charge on any atom is -0.756 e. The van der Waals surface area contributed by atoms with Crippen LogP contribution in [0.3, 0.4) is 0 Å². The Bertz CT molecular complexity index is 1150. The summed E-state index contributed by atoms with van der Waals surface area (Å²) in [4.78, 5) is 25.6. The van der Waals surface area contributed by atoms with E-state index in [1.807, 2.05) is 21.1 Å². The molecule has 0 heterocycles. The first-order valence-electron chi connectivity index (χ1n) is 31.0. The van der Waals surface area contributed by atoms with Crippen molar-refractivity contribution in [2.75, 3.05) is 40.9 Å². The summed E-state index contributed by atoms with van der Waals surface area (Å²) >= 11 is 0. The van der Waals surface area contributed by atoms with Crippen LogP contribution in [0, 0.1) is 0 Å². The number of amides is 1. The molecule has 0 rings (SSSR count). The molecule has 0 aromatic carbocycles. The summed E-state index contributed by atoms with van der Waals surface area (Å²) in [6.07, 6.45) is 65.4. The van der Waals surface area contributed by atoms with Gasteiger partial charge in [-0.2, -0.15) is 0 Å². The molecule has 0 spiro atoms. The van der Waals surface area contributed by atoms with E-state index in [0.29, 0.717) is 23.9 Å². The largest absolute Gasteiger partial charge is 0.756 e. The second-order valence-electron chi connectivity index (χ2n) is 22.8. The zero-order chi connectivity index (χ0) is 51.3. The first-order chi connectivity index (χ1) is 34.0. The van der Waals surface area contributed by atoms with Crippen molar-refractivity contribution < 1.29 is 32.9 Å². The molecule has 0 bridgehead atoms. The number of hydrogen-bond acceptors (Lipinski definition) is 6. The van der Waals surface area contributed by atoms with Gasteiger partial charge in [0.1, 0.15) is 13.2 Å². The molecular weight excluding hydrogens is 888 g/mol. The number of phosphoric acid groups is 1. The quantitative estimate of drug-likeness (QED) is 0.0272. The van der Waals surface area contributed by atoms with E-state index >= 15 is 0 Å². The van der Waals surface area contributed by atoms with Gasteiger partial charge < -0.3 is 28.8 Å². The molecule has 418 valence electrons. The van der Waals surface area contributed by atoms with Gasteiger partial charge in [0, 0.05) is 6.42 Å². The zero-order valence-corrected chi connectivity index (χ0v) is 48.6. The maximum absolute atomic E-state index is 13.0. The average Bonchev–Trinajstić information content (AvgIpc) is 3.32. The molecule has 0 fully saturated rings. The van der Waals surface area contributed by atoms with Crippen molar-refractivity contribution in [2.45, 2.75) is 334 Å². The van der Waals surface area contributed by atoms with Gasteiger partial charge in [-0.15, -0.1) is 0 Å². The third-order valence-corrected chi connectivity index (χ3v) is 15.5. The Labute approximate surface area is 437 Å². The number of allylic oxidation sites excluding steroid dienone is 2. The Morgan fingerprint density at radius 2 is 0.786 bits per heavy atom. The molecule has 9 heteroatoms. The molecule has 0 aliphatic rings. The smallest absolute Gasteiger partial charge is 0.268 e. The van der Waals surface area contributed by atoms with Gasteiger partial charge in [0.25, 0.3) is 7.82 Å². The van der Waals surface area contributed by atoms with E-state index in [1.54, 1.807) is 0 Å². The standard InChI is InChI=1S/C61H123N2O6P/c1-6-8-10-12-14-16-18-20-22-24-26-27-28-29-30-31-32-33-34-35-37-38-40-42-44-46-48-50-52-54-60(64)59(58-69-70(66,67)68-57-56-63(3,4)5)62-61(65)55-53-51-49-47-45-43-41-39-36-25-23-21-19-17-15-13-11-9-7-2/h21,23,59-60,64H,6-20,22,24-58H2,1-5H3,(H-,62,65,66,67)/b23-21-. The molecule has 0 aromatic rings. The van der Waals surface area contributed by atoms with E-state index in [4.69, 9.17) is 9.05 Å². The van der Waals surface area contributed by atoms with Crippen LogP contribution in [0.15, 0.2) is 12.2 Å². The molecular formula is C61H123N2O6P. The summed E-state index contributed by atoms with van der Waals surface area (Å²) in [5.41, 5.74) is 0. The fraction of sp³-hybridized carbons (Fsp3) is 0.951. The van der Waals surface area contributed by atoms with Crippen molar-refractivity contribution in [2.24, 2.45) is 0 Å². The lowest BCUT2D eigenvalue weighted by atomic mass is 10.0. The predicted molar refractivity (Wildman–Crippen MR) is 302 cm³/mol. The van der Waals surface area contributed by atoms with Crippen LogP contribution >= 0.6 is 7.82 Å². The maximum Gasteiger partial charge on any atom is 0.268 e. The number of phosphoric ester groups is 1. The number of carbonyl (C=O) groups excluding carboxylic acids is 1. The first-order valence-corrected chi connectivity index (χ1v) is 32.5. The topological polar surface area (TPSA) is 108 Å². The van der Waals surface area contributed by atoms with Gasteiger partial charge >= 0.3 is 0 Å². The Morgan fingerprint density at radius 3 is 1.11 bits per heavy atom. The van der Waals surface area contributed by atoms with Crippen LogP contribution < -0.4 is 10.2 Å². The normalized spacial score (nSPS) is 13.9. The number of unbranched alkanes of at least 4 members (excludes halogenated alkanes) is 43. The monoisotopic (exact) mass is 1010 g/mol. The summed E-state index contributed by atoms with van der Waals surface area (Å²) in [6.45, 7) is 4.77. The van der Waals surface area contributed by atoms with Crippen molar-refractivity contribution >= 4 is 13.7 Å². The fourth-order valence-corrected chi connectivity index (χ4v) is 10.4. The van der Waals surface area contributed by atoms with Gasteiger partial charge in [-0.25, -0.2) is 0 Å². The molecule has 70 heavy (non-hydrogen) atoms. The molecule has 8 nitrogen and oxygen atoms in total. The van der Waals surface area contributed by atoms with Gasteiger partial charge in [-0.05, 0) is 38.5 Å². The SMILES string of the molecule is CCCCCCCC/C=C\CCCCCCCCCCCC(=O)NC(COP(=O)([O-])OCC[N+](C)(C)C)C(O)CCCCCCCCCCCCCCCCCCCCCCCCCCCCCCC. The minimum absolute atomic E-state index is 0.0144. The van der Waals surface area contributed by atoms with Crippen molar-refractivity contribution in [1.29, 1.82) is 0 Å². The number of rotatable bonds is 58. The molecule has 0 saturated carbocycles. The van der Waals surface area contributed by atoms with Gasteiger partial charge in [0.2, 0.25) is 5.91 Å². The highest BCUT2D eigenvalue weighted by atomic mass is 31.2. The van der Waals surface area contributed by atoms with Gasteiger partial charge in [-0.1, -0.05) is 289 Å². The summed E-state index contributed by atoms with van der Waals surface area (Å²) in [7, 11) is 1.32. The van der Waals surface area contributed by atoms with Gasteiger partial charge in [0.05, 0.1) is 39.9 Å². The fourth-order valence-electron chi connectivity index (χ4n) is 9.63. The van der Waals surface area contributed by atoms with Crippen molar-refractivity contribution in [3.63, 3.8) is 0 Å². The number of likely N-dealkylation sites (N-methyl/N-ethyl adjacent to an activating group) is 1. The summed E-state index contributed by atoms with van der Waals surface area (Å²) in [6, 6.07) is -0.800. The van der Waals surface area contributed by atoms with Crippen LogP contribution in [0.1, 0.15) is 322 Å². The number of quaternary nitrogens is 1. The average molecular weight is 1010 g/mol. The van der Waals surface area contributed by atoms with Crippen molar-refractivity contribution in [3.05, 3.63) is 12.2 Å². The second-order valence-corrected chi connectivity index (χ2v) is 24.2. The Morgan fingerprint density at radius 1 is 0.486 bits per heavy atom. The Hall–Kier alpha value is -0.760. The summed E-state index contributed by atoms with van der Waals surface area (Å²) < 4.78 is 23.5. The molecule has 2 N–H and O–H groups in total. The van der Waals surface area contributed by atoms with Crippen LogP contribution in [-0.2, 0) is 18.4 Å². The van der Waals surface area contributed by atoms with Crippen LogP contribution in [0.5, 0.6) is 0 Å². The van der Waals surface area contributed by atoms with Crippen LogP contribution in [0.2, 0.25) is 0 Å². The number of carbonyl (C=O) groups is 1. The molecule has 0 aliphatic carbocycles. The molecule has 1 amide bonds. The zero-order valence-electron chi connectivity index (χ0n) is 47.8. The maximum atomic E-state index is 13.0. The highest BCUT2D eigenvalue weighted by Gasteiger charge is 2.24. The molecule has 0 aromatic heterocycles. The van der Waals surface area contributed by atoms with E-state index in [1.165, 1.54) is 257 Å². The van der Waals surface area contributed by atoms with Gasteiger partial charge in [0.15, 0.2) is 0 Å². The second kappa shape index (κ2) is 53.1. The Kier molecular flexibility index (Phi) is 52.5. The Balaban J connectivity index is 4.06. The number of hydrogen-bond donors (Lipinski definition) is 2. The molecule has 0 saturated heterocycles. The molecule has 0 aliphatic heterocycles. The molecule has 3 atom stereocenters. The van der Waals surface area contributed by atoms with E-state index in [9.17, 15) is 19.4 Å². The van der Waals surface area contributed by atoms with Crippen molar-refractivity contribution in [3.8, 4) is 0 Å². The van der Waals surface area contributed by atoms with E-state index < -0.39 is 20.0 Å². The van der Waals surface area contributed by atoms with Gasteiger partial charge in [-0.3, -0.25) is 9.36 Å². The van der Waals surface area contributed by atoms with Crippen molar-refractivity contribution in [1.82, 2.24) is 5.32 Å². The summed E-state index contributed by atoms with van der Waals surface area (Å²) in [5, 5.41) is 14.1. The highest BCUT2D eigenvalue weighted by molar-refractivity contribution is 7.45. The molecule has 3 unspecified atom stereocenters. The van der Waals surface area contributed by atoms with Crippen LogP contribution in [-0.4, -0.2) is 68.5 Å².